The molecule has 0 aromatic carbocycles. The quantitative estimate of drug-likeness (QED) is 0.801. The van der Waals surface area contributed by atoms with Crippen LogP contribution in [-0.2, 0) is 14.3 Å². The van der Waals surface area contributed by atoms with Crippen molar-refractivity contribution in [2.45, 2.75) is 52.1 Å². The van der Waals surface area contributed by atoms with Crippen LogP contribution in [0.4, 0.5) is 4.79 Å². The molecule has 1 aliphatic carbocycles. The van der Waals surface area contributed by atoms with Gasteiger partial charge in [0.1, 0.15) is 5.60 Å². The summed E-state index contributed by atoms with van der Waals surface area (Å²) in [4.78, 5) is 22.9. The summed E-state index contributed by atoms with van der Waals surface area (Å²) in [5, 5.41) is 2.79. The highest BCUT2D eigenvalue weighted by Gasteiger charge is 2.27. The number of carbonyl (C=O) groups excluding carboxylic acids is 2. The van der Waals surface area contributed by atoms with Crippen molar-refractivity contribution in [1.82, 2.24) is 5.32 Å². The largest absolute Gasteiger partial charge is 0.469 e. The van der Waals surface area contributed by atoms with Crippen LogP contribution in [0.15, 0.2) is 0 Å². The SMILES string of the molecule is COC(=O)C1CCC(CNC(=O)OC(C)(C)C)CC1. The Morgan fingerprint density at radius 1 is 1.16 bits per heavy atom. The van der Waals surface area contributed by atoms with Crippen LogP contribution >= 0.6 is 0 Å². The molecule has 1 rings (SSSR count). The predicted molar refractivity (Wildman–Crippen MR) is 71.7 cm³/mol. The van der Waals surface area contributed by atoms with Gasteiger partial charge in [0, 0.05) is 6.54 Å². The van der Waals surface area contributed by atoms with Crippen LogP contribution < -0.4 is 5.32 Å². The van der Waals surface area contributed by atoms with Gasteiger partial charge in [-0.25, -0.2) is 4.79 Å². The standard InChI is InChI=1S/C14H25NO4/c1-14(2,3)19-13(17)15-9-10-5-7-11(8-6-10)12(16)18-4/h10-11H,5-9H2,1-4H3,(H,15,17). The Morgan fingerprint density at radius 3 is 2.21 bits per heavy atom. The molecule has 0 unspecified atom stereocenters. The van der Waals surface area contributed by atoms with Gasteiger partial charge in [-0.1, -0.05) is 0 Å². The Kier molecular flexibility index (Phi) is 5.63. The van der Waals surface area contributed by atoms with Gasteiger partial charge in [0.2, 0.25) is 0 Å². The van der Waals surface area contributed by atoms with Crippen molar-refractivity contribution in [3.63, 3.8) is 0 Å². The second-order valence-corrected chi connectivity index (χ2v) is 6.12. The van der Waals surface area contributed by atoms with Crippen LogP contribution in [0.5, 0.6) is 0 Å². The first kappa shape index (κ1) is 15.8. The monoisotopic (exact) mass is 271 g/mol. The maximum Gasteiger partial charge on any atom is 0.407 e. The number of rotatable bonds is 3. The molecule has 0 aliphatic heterocycles. The highest BCUT2D eigenvalue weighted by Crippen LogP contribution is 2.29. The van der Waals surface area contributed by atoms with E-state index in [2.05, 4.69) is 5.32 Å². The van der Waals surface area contributed by atoms with E-state index in [1.165, 1.54) is 7.11 Å². The first-order valence-electron chi connectivity index (χ1n) is 6.86. The number of hydrogen-bond acceptors (Lipinski definition) is 4. The van der Waals surface area contributed by atoms with Crippen LogP contribution in [0, 0.1) is 11.8 Å². The number of esters is 1. The summed E-state index contributed by atoms with van der Waals surface area (Å²) in [6.07, 6.45) is 3.19. The highest BCUT2D eigenvalue weighted by molar-refractivity contribution is 5.72. The molecular formula is C14H25NO4. The number of nitrogens with one attached hydrogen (secondary N) is 1. The van der Waals surface area contributed by atoms with E-state index in [0.29, 0.717) is 12.5 Å². The van der Waals surface area contributed by atoms with Gasteiger partial charge >= 0.3 is 12.1 Å². The van der Waals surface area contributed by atoms with Gasteiger partial charge in [-0.3, -0.25) is 4.79 Å². The third-order valence-electron chi connectivity index (χ3n) is 3.32. The molecule has 5 nitrogen and oxygen atoms in total. The van der Waals surface area contributed by atoms with Crippen LogP contribution in [0.25, 0.3) is 0 Å². The second kappa shape index (κ2) is 6.78. The second-order valence-electron chi connectivity index (χ2n) is 6.12. The van der Waals surface area contributed by atoms with Crippen molar-refractivity contribution in [2.75, 3.05) is 13.7 Å². The average molecular weight is 271 g/mol. The number of ether oxygens (including phenoxy) is 2. The third-order valence-corrected chi connectivity index (χ3v) is 3.32. The average Bonchev–Trinajstić information content (AvgIpc) is 2.34. The summed E-state index contributed by atoms with van der Waals surface area (Å²) in [6, 6.07) is 0. The molecule has 1 aliphatic rings. The summed E-state index contributed by atoms with van der Waals surface area (Å²) < 4.78 is 9.93. The molecular weight excluding hydrogens is 246 g/mol. The molecule has 0 bridgehead atoms. The molecule has 0 saturated heterocycles. The summed E-state index contributed by atoms with van der Waals surface area (Å²) in [7, 11) is 1.43. The third kappa shape index (κ3) is 5.94. The van der Waals surface area contributed by atoms with E-state index in [1.54, 1.807) is 0 Å². The minimum atomic E-state index is -0.466. The van der Waals surface area contributed by atoms with Gasteiger partial charge in [0.15, 0.2) is 0 Å². The van der Waals surface area contributed by atoms with E-state index in [0.717, 1.165) is 25.7 Å². The highest BCUT2D eigenvalue weighted by atomic mass is 16.6. The smallest absolute Gasteiger partial charge is 0.407 e. The molecule has 19 heavy (non-hydrogen) atoms. The van der Waals surface area contributed by atoms with Gasteiger partial charge in [-0.15, -0.1) is 0 Å². The van der Waals surface area contributed by atoms with Crippen LogP contribution in [-0.4, -0.2) is 31.3 Å². The first-order valence-corrected chi connectivity index (χ1v) is 6.86. The van der Waals surface area contributed by atoms with Crippen molar-refractivity contribution < 1.29 is 19.1 Å². The Labute approximate surface area is 115 Å². The molecule has 0 radical (unpaired) electrons. The normalized spacial score (nSPS) is 23.6. The molecule has 1 saturated carbocycles. The van der Waals surface area contributed by atoms with Crippen molar-refractivity contribution in [3.05, 3.63) is 0 Å². The molecule has 0 spiro atoms. The molecule has 0 heterocycles. The lowest BCUT2D eigenvalue weighted by atomic mass is 9.82. The Hall–Kier alpha value is -1.26. The van der Waals surface area contributed by atoms with E-state index in [1.807, 2.05) is 20.8 Å². The first-order chi connectivity index (χ1) is 8.81. The van der Waals surface area contributed by atoms with E-state index in [9.17, 15) is 9.59 Å². The lowest BCUT2D eigenvalue weighted by Crippen LogP contribution is -2.36. The summed E-state index contributed by atoms with van der Waals surface area (Å²) >= 11 is 0. The summed E-state index contributed by atoms with van der Waals surface area (Å²) in [5.74, 6) is 0.342. The predicted octanol–water partition coefficient (Wildman–Crippen LogP) is 2.49. The zero-order chi connectivity index (χ0) is 14.5. The van der Waals surface area contributed by atoms with Crippen LogP contribution in [0.1, 0.15) is 46.5 Å². The zero-order valence-electron chi connectivity index (χ0n) is 12.3. The minimum Gasteiger partial charge on any atom is -0.469 e. The number of amides is 1. The number of methoxy groups -OCH3 is 1. The fraction of sp³-hybridized carbons (Fsp3) is 0.857. The lowest BCUT2D eigenvalue weighted by Gasteiger charge is -2.27. The topological polar surface area (TPSA) is 64.6 Å². The summed E-state index contributed by atoms with van der Waals surface area (Å²) in [5.41, 5.74) is -0.466. The fourth-order valence-electron chi connectivity index (χ4n) is 2.31. The Bertz CT molecular complexity index is 314. The van der Waals surface area contributed by atoms with Crippen molar-refractivity contribution in [1.29, 1.82) is 0 Å². The van der Waals surface area contributed by atoms with Gasteiger partial charge in [0.05, 0.1) is 13.0 Å². The van der Waals surface area contributed by atoms with Crippen molar-refractivity contribution >= 4 is 12.1 Å². The molecule has 0 aromatic heterocycles. The lowest BCUT2D eigenvalue weighted by molar-refractivity contribution is -0.146. The molecule has 110 valence electrons. The molecule has 5 heteroatoms. The maximum atomic E-state index is 11.5. The van der Waals surface area contributed by atoms with Gasteiger partial charge in [-0.2, -0.15) is 0 Å². The van der Waals surface area contributed by atoms with Crippen molar-refractivity contribution in [3.8, 4) is 0 Å². The van der Waals surface area contributed by atoms with Gasteiger partial charge in [-0.05, 0) is 52.4 Å². The zero-order valence-corrected chi connectivity index (χ0v) is 12.3. The maximum absolute atomic E-state index is 11.5. The van der Waals surface area contributed by atoms with Crippen LogP contribution in [0.2, 0.25) is 0 Å². The van der Waals surface area contributed by atoms with Crippen molar-refractivity contribution in [2.24, 2.45) is 11.8 Å². The van der Waals surface area contributed by atoms with E-state index in [4.69, 9.17) is 9.47 Å². The van der Waals surface area contributed by atoms with Gasteiger partial charge < -0.3 is 14.8 Å². The summed E-state index contributed by atoms with van der Waals surface area (Å²) in [6.45, 7) is 6.14. The minimum absolute atomic E-state index is 0.0303. The fourth-order valence-corrected chi connectivity index (χ4v) is 2.31. The molecule has 1 fully saturated rings. The molecule has 1 amide bonds. The molecule has 1 N–H and O–H groups in total. The number of alkyl carbamates (subject to hydrolysis) is 1. The number of carbonyl (C=O) groups is 2. The van der Waals surface area contributed by atoms with E-state index < -0.39 is 5.60 Å². The van der Waals surface area contributed by atoms with E-state index in [-0.39, 0.29) is 18.0 Å². The number of hydrogen-bond donors (Lipinski definition) is 1. The Morgan fingerprint density at radius 2 is 1.74 bits per heavy atom. The van der Waals surface area contributed by atoms with E-state index >= 15 is 0 Å². The van der Waals surface area contributed by atoms with Gasteiger partial charge in [0.25, 0.3) is 0 Å². The molecule has 0 atom stereocenters. The molecule has 0 aromatic rings. The van der Waals surface area contributed by atoms with Crippen LogP contribution in [0.3, 0.4) is 0 Å². The Balaban J connectivity index is 2.23.